The molecule has 4 rings (SSSR count). The van der Waals surface area contributed by atoms with Gasteiger partial charge in [-0.15, -0.1) is 10.2 Å². The van der Waals surface area contributed by atoms with E-state index in [4.69, 9.17) is 4.52 Å². The molecule has 0 aliphatic heterocycles. The van der Waals surface area contributed by atoms with Crippen LogP contribution in [-0.4, -0.2) is 30.3 Å². The molecular formula is C16H10BrFN6O. The van der Waals surface area contributed by atoms with Gasteiger partial charge in [0.2, 0.25) is 5.82 Å². The highest BCUT2D eigenvalue weighted by Crippen LogP contribution is 2.19. The van der Waals surface area contributed by atoms with Crippen LogP contribution in [0, 0.1) is 5.82 Å². The third-order valence-corrected chi connectivity index (χ3v) is 3.93. The van der Waals surface area contributed by atoms with Crippen LogP contribution in [-0.2, 0) is 6.54 Å². The van der Waals surface area contributed by atoms with Crippen molar-refractivity contribution in [3.63, 3.8) is 0 Å². The van der Waals surface area contributed by atoms with Crippen molar-refractivity contribution >= 4 is 15.9 Å². The van der Waals surface area contributed by atoms with Gasteiger partial charge in [-0.3, -0.25) is 0 Å². The van der Waals surface area contributed by atoms with Crippen LogP contribution in [0.15, 0.2) is 57.5 Å². The van der Waals surface area contributed by atoms with Crippen LogP contribution in [0.4, 0.5) is 4.39 Å². The Morgan fingerprint density at radius 3 is 2.48 bits per heavy atom. The molecule has 0 fully saturated rings. The molecular weight excluding hydrogens is 391 g/mol. The third kappa shape index (κ3) is 3.45. The Balaban J connectivity index is 1.51. The van der Waals surface area contributed by atoms with Gasteiger partial charge in [0.05, 0.1) is 0 Å². The molecule has 0 atom stereocenters. The lowest BCUT2D eigenvalue weighted by Crippen LogP contribution is -2.05. The van der Waals surface area contributed by atoms with Crippen molar-refractivity contribution < 1.29 is 8.91 Å². The van der Waals surface area contributed by atoms with E-state index in [0.717, 1.165) is 10.0 Å². The van der Waals surface area contributed by atoms with Gasteiger partial charge >= 0.3 is 0 Å². The molecule has 0 saturated carbocycles. The summed E-state index contributed by atoms with van der Waals surface area (Å²) in [6.07, 6.45) is 0. The highest BCUT2D eigenvalue weighted by molar-refractivity contribution is 9.10. The van der Waals surface area contributed by atoms with Crippen LogP contribution >= 0.6 is 15.9 Å². The van der Waals surface area contributed by atoms with Crippen LogP contribution in [0.1, 0.15) is 5.82 Å². The molecule has 0 N–H and O–H groups in total. The van der Waals surface area contributed by atoms with E-state index in [-0.39, 0.29) is 12.4 Å². The van der Waals surface area contributed by atoms with E-state index in [1.165, 1.54) is 16.9 Å². The summed E-state index contributed by atoms with van der Waals surface area (Å²) in [5.74, 6) is 0.896. The predicted octanol–water partition coefficient (Wildman–Crippen LogP) is 3.34. The first-order valence-electron chi connectivity index (χ1n) is 7.30. The summed E-state index contributed by atoms with van der Waals surface area (Å²) in [6.45, 7) is 0.216. The normalized spacial score (nSPS) is 11.0. The van der Waals surface area contributed by atoms with Gasteiger partial charge in [-0.1, -0.05) is 21.1 Å². The van der Waals surface area contributed by atoms with E-state index in [2.05, 4.69) is 41.5 Å². The first-order valence-corrected chi connectivity index (χ1v) is 8.09. The van der Waals surface area contributed by atoms with E-state index >= 15 is 0 Å². The maximum absolute atomic E-state index is 13.0. The van der Waals surface area contributed by atoms with Crippen molar-refractivity contribution in [2.24, 2.45) is 0 Å². The van der Waals surface area contributed by atoms with E-state index < -0.39 is 0 Å². The number of aromatic nitrogens is 6. The number of hydrogen-bond acceptors (Lipinski definition) is 6. The fourth-order valence-corrected chi connectivity index (χ4v) is 2.44. The standard InChI is InChI=1S/C16H10BrFN6O/c17-12-5-1-10(2-6-12)15-20-23-24(21-15)9-14-19-16(25-22-14)11-3-7-13(18)8-4-11/h1-8H,9H2. The molecule has 25 heavy (non-hydrogen) atoms. The van der Waals surface area contributed by atoms with Gasteiger partial charge < -0.3 is 4.52 Å². The van der Waals surface area contributed by atoms with Crippen molar-refractivity contribution in [2.45, 2.75) is 6.54 Å². The zero-order valence-electron chi connectivity index (χ0n) is 12.7. The average molecular weight is 401 g/mol. The van der Waals surface area contributed by atoms with Gasteiger partial charge in [0.1, 0.15) is 12.4 Å². The number of benzene rings is 2. The van der Waals surface area contributed by atoms with Crippen molar-refractivity contribution in [1.82, 2.24) is 30.3 Å². The second-order valence-electron chi connectivity index (χ2n) is 5.17. The molecule has 0 aliphatic carbocycles. The first kappa shape index (κ1) is 15.6. The zero-order chi connectivity index (χ0) is 17.2. The summed E-state index contributed by atoms with van der Waals surface area (Å²) in [5, 5.41) is 16.2. The van der Waals surface area contributed by atoms with E-state index in [1.54, 1.807) is 12.1 Å². The number of tetrazole rings is 1. The molecule has 2 aromatic carbocycles. The second kappa shape index (κ2) is 6.52. The lowest BCUT2D eigenvalue weighted by molar-refractivity contribution is 0.415. The molecule has 2 aromatic heterocycles. The second-order valence-corrected chi connectivity index (χ2v) is 6.09. The first-order chi connectivity index (χ1) is 12.2. The molecule has 0 spiro atoms. The maximum Gasteiger partial charge on any atom is 0.257 e. The minimum atomic E-state index is -0.323. The van der Waals surface area contributed by atoms with Gasteiger partial charge in [-0.2, -0.15) is 9.78 Å². The van der Waals surface area contributed by atoms with Gasteiger partial charge in [0, 0.05) is 15.6 Å². The molecule has 0 unspecified atom stereocenters. The van der Waals surface area contributed by atoms with Crippen LogP contribution in [0.25, 0.3) is 22.8 Å². The predicted molar refractivity (Wildman–Crippen MR) is 89.7 cm³/mol. The molecule has 0 amide bonds. The average Bonchev–Trinajstić information content (AvgIpc) is 3.27. The van der Waals surface area contributed by atoms with Gasteiger partial charge in [-0.05, 0) is 53.7 Å². The number of halogens is 2. The largest absolute Gasteiger partial charge is 0.334 e. The lowest BCUT2D eigenvalue weighted by atomic mass is 10.2. The molecule has 0 aliphatic rings. The fraction of sp³-hybridized carbons (Fsp3) is 0.0625. The Bertz CT molecular complexity index is 914. The number of nitrogens with zero attached hydrogens (tertiary/aromatic N) is 6. The molecule has 124 valence electrons. The Kier molecular flexibility index (Phi) is 4.06. The summed E-state index contributed by atoms with van der Waals surface area (Å²) in [6, 6.07) is 13.4. The Hall–Kier alpha value is -2.94. The van der Waals surface area contributed by atoms with Crippen LogP contribution < -0.4 is 0 Å². The zero-order valence-corrected chi connectivity index (χ0v) is 14.3. The Morgan fingerprint density at radius 2 is 1.72 bits per heavy atom. The summed E-state index contributed by atoms with van der Waals surface area (Å²) in [4.78, 5) is 5.65. The van der Waals surface area contributed by atoms with Crippen molar-refractivity contribution in [2.75, 3.05) is 0 Å². The molecule has 0 bridgehead atoms. The van der Waals surface area contributed by atoms with Gasteiger partial charge in [-0.25, -0.2) is 4.39 Å². The van der Waals surface area contributed by atoms with Crippen LogP contribution in [0.3, 0.4) is 0 Å². The van der Waals surface area contributed by atoms with E-state index in [0.29, 0.717) is 23.1 Å². The topological polar surface area (TPSA) is 82.5 Å². The quantitative estimate of drug-likeness (QED) is 0.522. The number of rotatable bonds is 4. The Morgan fingerprint density at radius 1 is 1.00 bits per heavy atom. The third-order valence-electron chi connectivity index (χ3n) is 3.40. The highest BCUT2D eigenvalue weighted by atomic mass is 79.9. The van der Waals surface area contributed by atoms with E-state index in [9.17, 15) is 4.39 Å². The summed E-state index contributed by atoms with van der Waals surface area (Å²) >= 11 is 3.38. The van der Waals surface area contributed by atoms with Gasteiger partial charge in [0.15, 0.2) is 5.82 Å². The van der Waals surface area contributed by atoms with Crippen molar-refractivity contribution in [1.29, 1.82) is 0 Å². The lowest BCUT2D eigenvalue weighted by Gasteiger charge is -1.94. The molecule has 0 radical (unpaired) electrons. The summed E-state index contributed by atoms with van der Waals surface area (Å²) in [5.41, 5.74) is 1.50. The SMILES string of the molecule is Fc1ccc(-c2nc(Cn3nnc(-c4ccc(Br)cc4)n3)no2)cc1. The maximum atomic E-state index is 13.0. The highest BCUT2D eigenvalue weighted by Gasteiger charge is 2.12. The molecule has 9 heteroatoms. The van der Waals surface area contributed by atoms with Crippen LogP contribution in [0.5, 0.6) is 0 Å². The summed E-state index contributed by atoms with van der Waals surface area (Å²) in [7, 11) is 0. The van der Waals surface area contributed by atoms with Crippen molar-refractivity contribution in [3.8, 4) is 22.8 Å². The van der Waals surface area contributed by atoms with Crippen molar-refractivity contribution in [3.05, 3.63) is 64.6 Å². The Labute approximate surface area is 149 Å². The van der Waals surface area contributed by atoms with Gasteiger partial charge in [0.25, 0.3) is 5.89 Å². The smallest absolute Gasteiger partial charge is 0.257 e. The number of hydrogen-bond donors (Lipinski definition) is 0. The molecule has 4 aromatic rings. The van der Waals surface area contributed by atoms with Crippen LogP contribution in [0.2, 0.25) is 0 Å². The molecule has 0 saturated heterocycles. The molecule has 2 heterocycles. The van der Waals surface area contributed by atoms with E-state index in [1.807, 2.05) is 24.3 Å². The minimum Gasteiger partial charge on any atom is -0.334 e. The fourth-order valence-electron chi connectivity index (χ4n) is 2.18. The summed E-state index contributed by atoms with van der Waals surface area (Å²) < 4.78 is 19.1. The minimum absolute atomic E-state index is 0.216. The monoisotopic (exact) mass is 400 g/mol. The molecule has 7 nitrogen and oxygen atoms in total.